The number of carbonyl (C=O) groups excluding carboxylic acids is 1. The number of anilines is 2. The molecule has 2 rings (SSSR count). The molecular weight excluding hydrogens is 262 g/mol. The lowest BCUT2D eigenvalue weighted by Crippen LogP contribution is -2.13. The van der Waals surface area contributed by atoms with Gasteiger partial charge in [0.15, 0.2) is 0 Å². The summed E-state index contributed by atoms with van der Waals surface area (Å²) in [6.45, 7) is 2.03. The minimum atomic E-state index is -0.0899. The molecule has 4 nitrogen and oxygen atoms in total. The fourth-order valence-corrected chi connectivity index (χ4v) is 2.08. The molecule has 0 bridgehead atoms. The molecule has 0 heterocycles. The van der Waals surface area contributed by atoms with Gasteiger partial charge in [0.25, 0.3) is 0 Å². The minimum absolute atomic E-state index is 0.0899. The summed E-state index contributed by atoms with van der Waals surface area (Å²) in [6.07, 6.45) is 1.08. The van der Waals surface area contributed by atoms with E-state index in [-0.39, 0.29) is 5.91 Å². The van der Waals surface area contributed by atoms with Gasteiger partial charge in [0.2, 0.25) is 5.91 Å². The molecule has 0 fully saturated rings. The zero-order chi connectivity index (χ0) is 15.2. The standard InChI is InChI=1S/C17H17N3O/c1-12-3-2-4-13(9-12)6-8-17(21)20-16-7-5-14(11-18)10-15(16)19/h2-5,7,9-10H,6,8,19H2,1H3,(H,20,21). The maximum atomic E-state index is 11.9. The molecule has 21 heavy (non-hydrogen) atoms. The summed E-state index contributed by atoms with van der Waals surface area (Å²) in [5.74, 6) is -0.0899. The molecule has 0 aromatic heterocycles. The lowest BCUT2D eigenvalue weighted by Gasteiger charge is -2.08. The van der Waals surface area contributed by atoms with Crippen molar-refractivity contribution < 1.29 is 4.79 Å². The first-order valence-electron chi connectivity index (χ1n) is 6.73. The van der Waals surface area contributed by atoms with Crippen LogP contribution >= 0.6 is 0 Å². The van der Waals surface area contributed by atoms with E-state index in [1.807, 2.05) is 31.2 Å². The molecule has 106 valence electrons. The van der Waals surface area contributed by atoms with Crippen LogP contribution in [-0.4, -0.2) is 5.91 Å². The number of benzene rings is 2. The Labute approximate surface area is 124 Å². The van der Waals surface area contributed by atoms with Gasteiger partial charge < -0.3 is 11.1 Å². The number of hydrogen-bond acceptors (Lipinski definition) is 3. The number of nitrogen functional groups attached to an aromatic ring is 1. The molecule has 0 saturated heterocycles. The highest BCUT2D eigenvalue weighted by atomic mass is 16.1. The molecule has 3 N–H and O–H groups in total. The normalized spacial score (nSPS) is 9.90. The van der Waals surface area contributed by atoms with Gasteiger partial charge in [0.05, 0.1) is 23.0 Å². The van der Waals surface area contributed by atoms with E-state index in [1.54, 1.807) is 18.2 Å². The molecule has 0 aliphatic rings. The van der Waals surface area contributed by atoms with Gasteiger partial charge in [-0.25, -0.2) is 0 Å². The quantitative estimate of drug-likeness (QED) is 0.844. The van der Waals surface area contributed by atoms with E-state index >= 15 is 0 Å². The van der Waals surface area contributed by atoms with Crippen LogP contribution in [0.4, 0.5) is 11.4 Å². The molecule has 0 aliphatic carbocycles. The molecule has 0 saturated carbocycles. The molecule has 2 aromatic carbocycles. The predicted octanol–water partition coefficient (Wildman–Crippen LogP) is 3.02. The van der Waals surface area contributed by atoms with Crippen molar-refractivity contribution in [3.63, 3.8) is 0 Å². The average Bonchev–Trinajstić information content (AvgIpc) is 2.47. The fraction of sp³-hybridized carbons (Fsp3) is 0.176. The summed E-state index contributed by atoms with van der Waals surface area (Å²) in [5, 5.41) is 11.5. The van der Waals surface area contributed by atoms with E-state index in [0.717, 1.165) is 5.56 Å². The number of carbonyl (C=O) groups is 1. The summed E-state index contributed by atoms with van der Waals surface area (Å²) < 4.78 is 0. The van der Waals surface area contributed by atoms with Crippen molar-refractivity contribution in [1.82, 2.24) is 0 Å². The van der Waals surface area contributed by atoms with Gasteiger partial charge in [-0.1, -0.05) is 29.8 Å². The minimum Gasteiger partial charge on any atom is -0.397 e. The Hall–Kier alpha value is -2.80. The number of nitriles is 1. The Bertz CT molecular complexity index is 701. The van der Waals surface area contributed by atoms with Crippen molar-refractivity contribution in [3.05, 3.63) is 59.2 Å². The van der Waals surface area contributed by atoms with Crippen LogP contribution < -0.4 is 11.1 Å². The zero-order valence-electron chi connectivity index (χ0n) is 11.9. The third-order valence-corrected chi connectivity index (χ3v) is 3.18. The van der Waals surface area contributed by atoms with E-state index < -0.39 is 0 Å². The first kappa shape index (κ1) is 14.6. The van der Waals surface area contributed by atoms with Crippen molar-refractivity contribution >= 4 is 17.3 Å². The third-order valence-electron chi connectivity index (χ3n) is 3.18. The Balaban J connectivity index is 1.95. The molecule has 0 unspecified atom stereocenters. The highest BCUT2D eigenvalue weighted by molar-refractivity contribution is 5.94. The van der Waals surface area contributed by atoms with Gasteiger partial charge in [-0.05, 0) is 37.1 Å². The van der Waals surface area contributed by atoms with Crippen LogP contribution in [0.15, 0.2) is 42.5 Å². The van der Waals surface area contributed by atoms with Crippen molar-refractivity contribution in [3.8, 4) is 6.07 Å². The largest absolute Gasteiger partial charge is 0.397 e. The van der Waals surface area contributed by atoms with Crippen molar-refractivity contribution in [2.45, 2.75) is 19.8 Å². The number of nitrogens with two attached hydrogens (primary N) is 1. The first-order valence-corrected chi connectivity index (χ1v) is 6.73. The van der Waals surface area contributed by atoms with E-state index in [0.29, 0.717) is 29.8 Å². The highest BCUT2D eigenvalue weighted by Crippen LogP contribution is 2.20. The molecule has 2 aromatic rings. The maximum Gasteiger partial charge on any atom is 0.224 e. The molecule has 1 amide bonds. The van der Waals surface area contributed by atoms with Crippen LogP contribution in [0.5, 0.6) is 0 Å². The monoisotopic (exact) mass is 279 g/mol. The zero-order valence-corrected chi connectivity index (χ0v) is 11.9. The average molecular weight is 279 g/mol. The molecule has 0 spiro atoms. The van der Waals surface area contributed by atoms with Crippen LogP contribution in [0, 0.1) is 18.3 Å². The van der Waals surface area contributed by atoms with Crippen LogP contribution in [-0.2, 0) is 11.2 Å². The van der Waals surface area contributed by atoms with Gasteiger partial charge in [0.1, 0.15) is 0 Å². The summed E-state index contributed by atoms with van der Waals surface area (Å²) in [6, 6.07) is 14.9. The molecule has 0 aliphatic heterocycles. The molecular formula is C17H17N3O. The highest BCUT2D eigenvalue weighted by Gasteiger charge is 2.06. The van der Waals surface area contributed by atoms with Gasteiger partial charge >= 0.3 is 0 Å². The molecule has 4 heteroatoms. The Kier molecular flexibility index (Phi) is 4.57. The summed E-state index contributed by atoms with van der Waals surface area (Å²) in [4.78, 5) is 11.9. The number of rotatable bonds is 4. The predicted molar refractivity (Wildman–Crippen MR) is 83.7 cm³/mol. The number of nitrogens with one attached hydrogen (secondary N) is 1. The summed E-state index contributed by atoms with van der Waals surface area (Å²) in [5.41, 5.74) is 9.55. The first-order chi connectivity index (χ1) is 10.1. The van der Waals surface area contributed by atoms with Crippen molar-refractivity contribution in [2.24, 2.45) is 0 Å². The van der Waals surface area contributed by atoms with Crippen LogP contribution in [0.1, 0.15) is 23.1 Å². The maximum absolute atomic E-state index is 11.9. The smallest absolute Gasteiger partial charge is 0.224 e. The second-order valence-corrected chi connectivity index (χ2v) is 4.95. The van der Waals surface area contributed by atoms with E-state index in [1.165, 1.54) is 5.56 Å². The Morgan fingerprint density at radius 2 is 2.10 bits per heavy atom. The van der Waals surface area contributed by atoms with E-state index in [2.05, 4.69) is 11.4 Å². The van der Waals surface area contributed by atoms with Gasteiger partial charge in [-0.15, -0.1) is 0 Å². The second kappa shape index (κ2) is 6.58. The van der Waals surface area contributed by atoms with Crippen molar-refractivity contribution in [1.29, 1.82) is 5.26 Å². The Morgan fingerprint density at radius 1 is 1.29 bits per heavy atom. The number of hydrogen-bond donors (Lipinski definition) is 2. The molecule has 0 radical (unpaired) electrons. The number of amides is 1. The summed E-state index contributed by atoms with van der Waals surface area (Å²) >= 11 is 0. The van der Waals surface area contributed by atoms with Crippen LogP contribution in [0.2, 0.25) is 0 Å². The van der Waals surface area contributed by atoms with Crippen molar-refractivity contribution in [2.75, 3.05) is 11.1 Å². The SMILES string of the molecule is Cc1cccc(CCC(=O)Nc2ccc(C#N)cc2N)c1. The van der Waals surface area contributed by atoms with Crippen LogP contribution in [0.25, 0.3) is 0 Å². The van der Waals surface area contributed by atoms with E-state index in [9.17, 15) is 4.79 Å². The third kappa shape index (κ3) is 4.08. The fourth-order valence-electron chi connectivity index (χ4n) is 2.08. The molecule has 0 atom stereocenters. The van der Waals surface area contributed by atoms with E-state index in [4.69, 9.17) is 11.0 Å². The van der Waals surface area contributed by atoms with Crippen LogP contribution in [0.3, 0.4) is 0 Å². The summed E-state index contributed by atoms with van der Waals surface area (Å²) in [7, 11) is 0. The second-order valence-electron chi connectivity index (χ2n) is 4.95. The Morgan fingerprint density at radius 3 is 2.76 bits per heavy atom. The topological polar surface area (TPSA) is 78.9 Å². The van der Waals surface area contributed by atoms with Gasteiger partial charge in [-0.2, -0.15) is 5.26 Å². The van der Waals surface area contributed by atoms with Gasteiger partial charge in [-0.3, -0.25) is 4.79 Å². The van der Waals surface area contributed by atoms with Gasteiger partial charge in [0, 0.05) is 6.42 Å². The lowest BCUT2D eigenvalue weighted by atomic mass is 10.1. The number of nitrogens with zero attached hydrogens (tertiary/aromatic N) is 1. The lowest BCUT2D eigenvalue weighted by molar-refractivity contribution is -0.116. The number of aryl methyl sites for hydroxylation is 2.